The summed E-state index contributed by atoms with van der Waals surface area (Å²) in [6.45, 7) is 28.1. The highest BCUT2D eigenvalue weighted by atomic mass is 19.4. The lowest BCUT2D eigenvalue weighted by Gasteiger charge is -2.22. The molecule has 6 amide bonds. The highest BCUT2D eigenvalue weighted by molar-refractivity contribution is 5.92. The van der Waals surface area contributed by atoms with Crippen LogP contribution in [-0.4, -0.2) is 124 Å². The zero-order valence-corrected chi connectivity index (χ0v) is 86.9. The average molecular weight is 2070 g/mol. The zero-order valence-electron chi connectivity index (χ0n) is 86.9. The highest BCUT2D eigenvalue weighted by Crippen LogP contribution is 2.47. The molecule has 1 aliphatic carbocycles. The van der Waals surface area contributed by atoms with Gasteiger partial charge in [0.25, 0.3) is 6.43 Å². The van der Waals surface area contributed by atoms with Crippen LogP contribution in [0.3, 0.4) is 0 Å². The van der Waals surface area contributed by atoms with Crippen LogP contribution < -0.4 is 68.3 Å². The van der Waals surface area contributed by atoms with Crippen molar-refractivity contribution in [2.24, 2.45) is 0 Å². The van der Waals surface area contributed by atoms with E-state index in [1.54, 1.807) is 48.5 Å². The fourth-order valence-electron chi connectivity index (χ4n) is 15.4. The number of methoxy groups -OCH3 is 7. The van der Waals surface area contributed by atoms with E-state index in [0.29, 0.717) is 90.3 Å². The van der Waals surface area contributed by atoms with Crippen LogP contribution in [0.1, 0.15) is 161 Å². The monoisotopic (exact) mass is 2070 g/mol. The van der Waals surface area contributed by atoms with Crippen molar-refractivity contribution in [3.05, 3.63) is 341 Å². The van der Waals surface area contributed by atoms with Gasteiger partial charge in [0.05, 0.1) is 84.7 Å². The smallest absolute Gasteiger partial charge is 0.438 e. The molecule has 37 heteroatoms. The molecule has 0 atom stereocenters. The van der Waals surface area contributed by atoms with E-state index in [1.165, 1.54) is 70.9 Å². The van der Waals surface area contributed by atoms with Gasteiger partial charge in [0.1, 0.15) is 97.0 Å². The molecule has 0 heterocycles. The van der Waals surface area contributed by atoms with Crippen LogP contribution in [0.25, 0.3) is 0 Å². The SMILES string of the molecule is CCOc1cccc(COc2ccc(C)cc2C)c1N(O)C(=O)OC.CCc1cccc(COc2ccc(C)cc2C)c1N(O)C(=O)OC.COC(=O)N(O)c1c(COc2ccc(C)cc2C)cccc1C(F)(F)F.COC(=O)N(O)c1c(COc2ccc(C)cc2C)cccc1C(F)F.COC(=O)N(O)c1c(COc2ccc(C)cc2C)cccc1C1CC1.COC(=O)N(O)c1c(COc2ccc(C)cc2C)cccc1OC. The number of amides is 6. The number of hydrogen-bond acceptors (Lipinski definition) is 26. The number of carbonyl (C=O) groups is 6. The molecule has 0 saturated heterocycles. The summed E-state index contributed by atoms with van der Waals surface area (Å²) in [6, 6.07) is 63.6. The van der Waals surface area contributed by atoms with Gasteiger partial charge in [-0.15, -0.1) is 0 Å². The quantitative estimate of drug-likeness (QED) is 0.0105. The predicted molar refractivity (Wildman–Crippen MR) is 549 cm³/mol. The third-order valence-corrected chi connectivity index (χ3v) is 22.9. The van der Waals surface area contributed by atoms with Crippen LogP contribution in [0.15, 0.2) is 218 Å². The van der Waals surface area contributed by atoms with Crippen molar-refractivity contribution in [2.45, 2.75) is 174 Å². The molecule has 0 radical (unpaired) electrons. The molecule has 1 saturated carbocycles. The third-order valence-electron chi connectivity index (χ3n) is 22.9. The molecule has 1 aliphatic rings. The van der Waals surface area contributed by atoms with Gasteiger partial charge in [-0.3, -0.25) is 31.2 Å². The molecule has 0 aromatic heterocycles. The van der Waals surface area contributed by atoms with E-state index in [1.807, 2.05) is 224 Å². The Morgan fingerprint density at radius 3 is 0.839 bits per heavy atom. The average Bonchev–Trinajstić information content (AvgIpc) is 1.56. The summed E-state index contributed by atoms with van der Waals surface area (Å²) in [5.74, 6) is 5.19. The summed E-state index contributed by atoms with van der Waals surface area (Å²) in [5, 5.41) is 62.5. The maximum Gasteiger partial charge on any atom is 0.438 e. The Balaban J connectivity index is 0.000000218. The Kier molecular flexibility index (Phi) is 45.0. The first-order valence-electron chi connectivity index (χ1n) is 46.8. The van der Waals surface area contributed by atoms with E-state index in [0.717, 1.165) is 135 Å². The largest absolute Gasteiger partial charge is 0.494 e. The lowest BCUT2D eigenvalue weighted by atomic mass is 10.0. The lowest BCUT2D eigenvalue weighted by Crippen LogP contribution is -2.30. The molecule has 0 aliphatic heterocycles. The number of ether oxygens (including phenoxy) is 14. The summed E-state index contributed by atoms with van der Waals surface area (Å²) in [7, 11) is 8.31. The first kappa shape index (κ1) is 118. The number of carbonyl (C=O) groups excluding carboxylic acids is 6. The van der Waals surface area contributed by atoms with E-state index >= 15 is 0 Å². The molecule has 0 unspecified atom stereocenters. The van der Waals surface area contributed by atoms with Crippen LogP contribution in [0.5, 0.6) is 46.0 Å². The van der Waals surface area contributed by atoms with Gasteiger partial charge in [0, 0.05) is 38.9 Å². The predicted octanol–water partition coefficient (Wildman–Crippen LogP) is 26.9. The zero-order chi connectivity index (χ0) is 110. The summed E-state index contributed by atoms with van der Waals surface area (Å²) in [5.41, 5.74) is 15.7. The number of nitrogens with zero attached hydrogens (tertiary/aromatic N) is 6. The van der Waals surface area contributed by atoms with Crippen LogP contribution >= 0.6 is 0 Å². The molecule has 0 bridgehead atoms. The maximum absolute atomic E-state index is 13.3. The molecule has 1 fully saturated rings. The van der Waals surface area contributed by atoms with E-state index in [2.05, 4.69) is 34.5 Å². The van der Waals surface area contributed by atoms with Gasteiger partial charge < -0.3 is 66.3 Å². The van der Waals surface area contributed by atoms with Crippen molar-refractivity contribution in [1.82, 2.24) is 0 Å². The molecule has 796 valence electrons. The number of benzene rings is 12. The van der Waals surface area contributed by atoms with Crippen molar-refractivity contribution in [3.8, 4) is 46.0 Å². The second-order valence-electron chi connectivity index (χ2n) is 34.1. The molecular weight excluding hydrogens is 1940 g/mol. The Morgan fingerprint density at radius 2 is 0.544 bits per heavy atom. The number of rotatable bonds is 30. The van der Waals surface area contributed by atoms with Crippen molar-refractivity contribution >= 4 is 70.7 Å². The molecule has 6 N–H and O–H groups in total. The number of hydrogen-bond donors (Lipinski definition) is 6. The number of aryl methyl sites for hydroxylation is 13. The molecule has 13 rings (SSSR count). The maximum atomic E-state index is 13.3. The fraction of sp³-hybridized carbons (Fsp3) is 0.304. The van der Waals surface area contributed by atoms with Crippen LogP contribution in [-0.2, 0) is 80.7 Å². The summed E-state index contributed by atoms with van der Waals surface area (Å²) in [6.07, 6.45) is -10.8. The lowest BCUT2D eigenvalue weighted by molar-refractivity contribution is -0.137. The standard InChI is InChI=1S/C20H23NO4.C19H23NO5.C19H23NO4.C18H18F3NO4.C18H19F2NO4.C18H21NO5/c1-13-7-10-18(14(2)11-13)25-12-16-5-4-6-17(15-8-9-15)19(16)21(23)20(22)24-3;1-5-24-17-8-6-7-15(18(17)20(22)19(21)23-4)12-25-16-10-9-13(2)11-14(16)3;1-5-15-7-6-8-16(18(15)20(22)19(21)23-4)12-24-17-10-9-13(2)11-14(17)3;1-11-7-8-15(12(2)9-11)26-10-13-5-4-6-14(18(19,20)21)16(13)22(24)17(23)25-3;1-11-7-8-15(12(2)9-11)25-10-13-5-4-6-14(17(19)20)16(13)21(23)18(22)24-3;1-12-8-9-15(13(2)10-12)24-11-14-6-5-7-16(22-3)17(14)19(21)18(20)23-4/h4-7,10-11,15,23H,8-9,12H2,1-3H3;6-11,22H,5,12H2,1-4H3;6-11,22H,5,12H2,1-4H3;4-9,24H,10H2,1-3H3;4-9,17,23H,10H2,1-3H3;5-10,21H,11H2,1-4H3. The van der Waals surface area contributed by atoms with Gasteiger partial charge in [0.15, 0.2) is 0 Å². The van der Waals surface area contributed by atoms with E-state index in [-0.39, 0.29) is 78.0 Å². The molecule has 12 aromatic rings. The summed E-state index contributed by atoms with van der Waals surface area (Å²) < 4.78 is 139. The first-order chi connectivity index (χ1) is 70.9. The molecule has 149 heavy (non-hydrogen) atoms. The van der Waals surface area contributed by atoms with Gasteiger partial charge >= 0.3 is 42.7 Å². The van der Waals surface area contributed by atoms with Crippen molar-refractivity contribution in [3.63, 3.8) is 0 Å². The van der Waals surface area contributed by atoms with Crippen LogP contribution in [0.4, 0.5) is 84.8 Å². The molecule has 32 nitrogen and oxygen atoms in total. The number of halogens is 5. The number of alkyl halides is 5. The van der Waals surface area contributed by atoms with Crippen molar-refractivity contribution in [1.29, 1.82) is 0 Å². The third kappa shape index (κ3) is 33.0. The highest BCUT2D eigenvalue weighted by Gasteiger charge is 2.39. The van der Waals surface area contributed by atoms with E-state index in [9.17, 15) is 82.0 Å². The van der Waals surface area contributed by atoms with Crippen LogP contribution in [0, 0.1) is 83.1 Å². The Hall–Kier alpha value is -15.9. The second-order valence-corrected chi connectivity index (χ2v) is 34.1. The van der Waals surface area contributed by atoms with Crippen LogP contribution in [0.2, 0.25) is 0 Å². The minimum atomic E-state index is -4.78. The minimum Gasteiger partial charge on any atom is -0.494 e. The topological polar surface area (TPSA) is 372 Å². The molecule has 12 aromatic carbocycles. The Bertz CT molecular complexity index is 6320. The van der Waals surface area contributed by atoms with Crippen molar-refractivity contribution < 1.29 is 148 Å². The number of para-hydroxylation sites is 6. The fourth-order valence-corrected chi connectivity index (χ4v) is 15.4. The van der Waals surface area contributed by atoms with Crippen molar-refractivity contribution in [2.75, 3.05) is 86.8 Å². The summed E-state index contributed by atoms with van der Waals surface area (Å²) >= 11 is 0. The van der Waals surface area contributed by atoms with Gasteiger partial charge in [0.2, 0.25) is 0 Å². The van der Waals surface area contributed by atoms with Gasteiger partial charge in [-0.05, 0) is 214 Å². The van der Waals surface area contributed by atoms with E-state index in [4.69, 9.17) is 37.9 Å². The molecular formula is C112H127F5N6O26. The van der Waals surface area contributed by atoms with Gasteiger partial charge in [-0.1, -0.05) is 204 Å². The van der Waals surface area contributed by atoms with Gasteiger partial charge in [-0.25, -0.2) is 37.5 Å². The first-order valence-corrected chi connectivity index (χ1v) is 46.8. The minimum absolute atomic E-state index is 0.0206. The normalized spacial score (nSPS) is 11.0. The molecule has 0 spiro atoms. The Labute approximate surface area is 862 Å². The second kappa shape index (κ2) is 56.7. The number of anilines is 6. The Morgan fingerprint density at radius 1 is 0.295 bits per heavy atom. The summed E-state index contributed by atoms with van der Waals surface area (Å²) in [4.78, 5) is 70.1. The number of hydroxylamine groups is 6. The van der Waals surface area contributed by atoms with Gasteiger partial charge in [-0.2, -0.15) is 43.6 Å². The van der Waals surface area contributed by atoms with E-state index < -0.39 is 66.0 Å².